The summed E-state index contributed by atoms with van der Waals surface area (Å²) in [6.45, 7) is 7.43. The van der Waals surface area contributed by atoms with Gasteiger partial charge in [-0.1, -0.05) is 25.4 Å². The molecule has 0 aliphatic carbocycles. The minimum atomic E-state index is -0.676. The van der Waals surface area contributed by atoms with Crippen molar-refractivity contribution in [2.75, 3.05) is 6.61 Å². The lowest BCUT2D eigenvalue weighted by molar-refractivity contribution is 0.0783. The molecule has 0 saturated heterocycles. The highest BCUT2D eigenvalue weighted by molar-refractivity contribution is 6.31. The average Bonchev–Trinajstić information content (AvgIpc) is 2.51. The van der Waals surface area contributed by atoms with Gasteiger partial charge in [0.05, 0.1) is 0 Å². The molecule has 0 bridgehead atoms. The summed E-state index contributed by atoms with van der Waals surface area (Å²) >= 11 is 6.06. The standard InChI is InChI=1S/C18H21ClN2O4/c1-5-25-9-21-15(14(10(2)3)17(23)20-18(21)24)16(22)12-6-11(4)7-13(19)8-12/h6-8,10H,5,9H2,1-4H3,(H,20,23,24). The number of nitrogens with one attached hydrogen (secondary N) is 1. The number of hydrogen-bond donors (Lipinski definition) is 1. The Bertz CT molecular complexity index is 892. The molecule has 1 aromatic carbocycles. The molecule has 0 aliphatic heterocycles. The minimum absolute atomic E-state index is 0.0406. The van der Waals surface area contributed by atoms with Crippen molar-refractivity contribution >= 4 is 17.4 Å². The first-order valence-corrected chi connectivity index (χ1v) is 8.40. The van der Waals surface area contributed by atoms with Crippen LogP contribution in [-0.2, 0) is 11.5 Å². The Morgan fingerprint density at radius 3 is 2.52 bits per heavy atom. The number of rotatable bonds is 6. The lowest BCUT2D eigenvalue weighted by Gasteiger charge is -2.17. The Hall–Kier alpha value is -2.18. The summed E-state index contributed by atoms with van der Waals surface area (Å²) in [7, 11) is 0. The summed E-state index contributed by atoms with van der Waals surface area (Å²) in [6, 6.07) is 4.93. The molecule has 0 fully saturated rings. The third kappa shape index (κ3) is 4.08. The summed E-state index contributed by atoms with van der Waals surface area (Å²) in [5.74, 6) is -0.686. The maximum atomic E-state index is 13.1. The predicted molar refractivity (Wildman–Crippen MR) is 96.7 cm³/mol. The van der Waals surface area contributed by atoms with Gasteiger partial charge in [0.25, 0.3) is 5.56 Å². The monoisotopic (exact) mass is 364 g/mol. The van der Waals surface area contributed by atoms with E-state index in [-0.39, 0.29) is 23.9 Å². The molecule has 0 amide bonds. The van der Waals surface area contributed by atoms with Gasteiger partial charge in [0.15, 0.2) is 0 Å². The molecule has 2 aromatic rings. The zero-order valence-electron chi connectivity index (χ0n) is 14.7. The van der Waals surface area contributed by atoms with E-state index >= 15 is 0 Å². The molecule has 25 heavy (non-hydrogen) atoms. The normalized spacial score (nSPS) is 11.1. The highest BCUT2D eigenvalue weighted by atomic mass is 35.5. The zero-order valence-corrected chi connectivity index (χ0v) is 15.4. The van der Waals surface area contributed by atoms with Crippen LogP contribution in [-0.4, -0.2) is 21.9 Å². The second-order valence-corrected chi connectivity index (χ2v) is 6.51. The number of carbonyl (C=O) groups is 1. The third-order valence-electron chi connectivity index (χ3n) is 3.76. The lowest BCUT2D eigenvalue weighted by atomic mass is 9.96. The molecule has 7 heteroatoms. The second-order valence-electron chi connectivity index (χ2n) is 6.07. The molecule has 6 nitrogen and oxygen atoms in total. The summed E-state index contributed by atoms with van der Waals surface area (Å²) in [6.07, 6.45) is 0. The van der Waals surface area contributed by atoms with Gasteiger partial charge in [0, 0.05) is 22.8 Å². The number of aromatic amines is 1. The third-order valence-corrected chi connectivity index (χ3v) is 3.97. The van der Waals surface area contributed by atoms with Gasteiger partial charge >= 0.3 is 5.69 Å². The molecule has 0 unspecified atom stereocenters. The second kappa shape index (κ2) is 7.80. The quantitative estimate of drug-likeness (QED) is 0.799. The number of ether oxygens (including phenoxy) is 1. The van der Waals surface area contributed by atoms with E-state index < -0.39 is 17.0 Å². The molecule has 0 spiro atoms. The van der Waals surface area contributed by atoms with E-state index in [4.69, 9.17) is 16.3 Å². The molecule has 1 heterocycles. The average molecular weight is 365 g/mol. The molecule has 0 radical (unpaired) electrons. The maximum absolute atomic E-state index is 13.1. The molecule has 1 aromatic heterocycles. The highest BCUT2D eigenvalue weighted by Gasteiger charge is 2.24. The fourth-order valence-corrected chi connectivity index (χ4v) is 2.97. The van der Waals surface area contributed by atoms with Crippen LogP contribution in [0, 0.1) is 6.92 Å². The van der Waals surface area contributed by atoms with Crippen molar-refractivity contribution in [1.82, 2.24) is 9.55 Å². The van der Waals surface area contributed by atoms with Crippen molar-refractivity contribution in [1.29, 1.82) is 0 Å². The van der Waals surface area contributed by atoms with Gasteiger partial charge in [0.2, 0.25) is 5.78 Å². The van der Waals surface area contributed by atoms with Gasteiger partial charge in [-0.2, -0.15) is 0 Å². The number of ketones is 1. The van der Waals surface area contributed by atoms with E-state index in [9.17, 15) is 14.4 Å². The molecule has 0 atom stereocenters. The largest absolute Gasteiger partial charge is 0.361 e. The van der Waals surface area contributed by atoms with Gasteiger partial charge < -0.3 is 4.74 Å². The van der Waals surface area contributed by atoms with E-state index in [1.54, 1.807) is 32.9 Å². The van der Waals surface area contributed by atoms with E-state index in [0.29, 0.717) is 17.2 Å². The predicted octanol–water partition coefficient (Wildman–Crippen LogP) is 2.85. The number of halogens is 1. The summed E-state index contributed by atoms with van der Waals surface area (Å²) < 4.78 is 6.48. The fraction of sp³-hybridized carbons (Fsp3) is 0.389. The van der Waals surface area contributed by atoms with Gasteiger partial charge in [-0.25, -0.2) is 4.79 Å². The lowest BCUT2D eigenvalue weighted by Crippen LogP contribution is -2.38. The smallest absolute Gasteiger partial charge is 0.330 e. The summed E-state index contributed by atoms with van der Waals surface area (Å²) in [4.78, 5) is 40.0. The van der Waals surface area contributed by atoms with Gasteiger partial charge in [-0.15, -0.1) is 0 Å². The van der Waals surface area contributed by atoms with Gasteiger partial charge in [-0.3, -0.25) is 19.1 Å². The number of aryl methyl sites for hydroxylation is 1. The number of carbonyl (C=O) groups excluding carboxylic acids is 1. The van der Waals surface area contributed by atoms with Crippen molar-refractivity contribution in [3.8, 4) is 0 Å². The van der Waals surface area contributed by atoms with Crippen LogP contribution in [0.2, 0.25) is 5.02 Å². The molecular formula is C18H21ClN2O4. The molecular weight excluding hydrogens is 344 g/mol. The number of hydrogen-bond acceptors (Lipinski definition) is 4. The van der Waals surface area contributed by atoms with Crippen LogP contribution in [0.25, 0.3) is 0 Å². The van der Waals surface area contributed by atoms with Crippen LogP contribution in [0.5, 0.6) is 0 Å². The topological polar surface area (TPSA) is 81.2 Å². The fourth-order valence-electron chi connectivity index (χ4n) is 2.68. The van der Waals surface area contributed by atoms with Crippen molar-refractivity contribution in [3.63, 3.8) is 0 Å². The zero-order chi connectivity index (χ0) is 18.7. The molecule has 2 rings (SSSR count). The van der Waals surface area contributed by atoms with Gasteiger partial charge in [0.1, 0.15) is 12.4 Å². The van der Waals surface area contributed by atoms with E-state index in [1.165, 1.54) is 10.6 Å². The van der Waals surface area contributed by atoms with Crippen molar-refractivity contribution in [2.45, 2.75) is 40.3 Å². The SMILES string of the molecule is CCOCn1c(C(=O)c2cc(C)cc(Cl)c2)c(C(C)C)c(=O)[nH]c1=O. The van der Waals surface area contributed by atoms with Crippen LogP contribution >= 0.6 is 11.6 Å². The number of aromatic nitrogens is 2. The highest BCUT2D eigenvalue weighted by Crippen LogP contribution is 2.21. The maximum Gasteiger partial charge on any atom is 0.330 e. The van der Waals surface area contributed by atoms with Crippen molar-refractivity contribution in [3.05, 3.63) is 66.4 Å². The first-order chi connectivity index (χ1) is 11.8. The molecule has 134 valence electrons. The molecule has 0 saturated carbocycles. The minimum Gasteiger partial charge on any atom is -0.361 e. The van der Waals surface area contributed by atoms with Crippen LogP contribution in [0.1, 0.15) is 53.9 Å². The Morgan fingerprint density at radius 2 is 1.96 bits per heavy atom. The van der Waals surface area contributed by atoms with E-state index in [0.717, 1.165) is 5.56 Å². The molecule has 0 aliphatic rings. The Balaban J connectivity index is 2.77. The number of benzene rings is 1. The van der Waals surface area contributed by atoms with E-state index in [1.807, 2.05) is 6.92 Å². The van der Waals surface area contributed by atoms with Crippen molar-refractivity contribution < 1.29 is 9.53 Å². The van der Waals surface area contributed by atoms with Crippen LogP contribution in [0.4, 0.5) is 0 Å². The Morgan fingerprint density at radius 1 is 1.28 bits per heavy atom. The van der Waals surface area contributed by atoms with Crippen LogP contribution in [0.3, 0.4) is 0 Å². The Labute approximate surface area is 150 Å². The van der Waals surface area contributed by atoms with E-state index in [2.05, 4.69) is 4.98 Å². The molecule has 1 N–H and O–H groups in total. The number of H-pyrrole nitrogens is 1. The van der Waals surface area contributed by atoms with Gasteiger partial charge in [-0.05, 0) is 43.5 Å². The summed E-state index contributed by atoms with van der Waals surface area (Å²) in [5.41, 5.74) is 0.188. The summed E-state index contributed by atoms with van der Waals surface area (Å²) in [5, 5.41) is 0.415. The van der Waals surface area contributed by atoms with Crippen molar-refractivity contribution in [2.24, 2.45) is 0 Å². The first-order valence-electron chi connectivity index (χ1n) is 8.02. The number of nitrogens with zero attached hydrogens (tertiary/aromatic N) is 1. The first kappa shape index (κ1) is 19.1. The Kier molecular flexibility index (Phi) is 5.98. The van der Waals surface area contributed by atoms with Crippen LogP contribution in [0.15, 0.2) is 27.8 Å². The van der Waals surface area contributed by atoms with Crippen LogP contribution < -0.4 is 11.2 Å².